The largest absolute Gasteiger partial charge is 0.506 e. The number of rotatable bonds is 4. The van der Waals surface area contributed by atoms with Crippen molar-refractivity contribution in [2.24, 2.45) is 0 Å². The standard InChI is InChI=1S/C14H18F3N3O2/c15-14(16,17)10-18-13(22)9-19-5-7-20(8-6-19)11-3-1-2-4-12(11)21/h1-4,21H,5-10H2,(H,18,22)/p+1. The topological polar surface area (TPSA) is 57.0 Å². The lowest BCUT2D eigenvalue weighted by Gasteiger charge is -2.33. The molecule has 1 aliphatic heterocycles. The van der Waals surface area contributed by atoms with E-state index in [1.54, 1.807) is 12.1 Å². The number of quaternary nitrogens is 1. The monoisotopic (exact) mass is 318 g/mol. The molecule has 1 amide bonds. The summed E-state index contributed by atoms with van der Waals surface area (Å²) in [6.45, 7) is 1.29. The molecule has 1 heterocycles. The van der Waals surface area contributed by atoms with Gasteiger partial charge in [-0.2, -0.15) is 13.2 Å². The fourth-order valence-corrected chi connectivity index (χ4v) is 2.46. The quantitative estimate of drug-likeness (QED) is 0.719. The van der Waals surface area contributed by atoms with Crippen LogP contribution in [0.25, 0.3) is 0 Å². The molecule has 1 aromatic rings. The predicted octanol–water partition coefficient (Wildman–Crippen LogP) is -0.224. The van der Waals surface area contributed by atoms with E-state index in [-0.39, 0.29) is 12.3 Å². The molecule has 3 N–H and O–H groups in total. The van der Waals surface area contributed by atoms with Crippen molar-refractivity contribution in [1.29, 1.82) is 0 Å². The number of benzene rings is 1. The van der Waals surface area contributed by atoms with Gasteiger partial charge < -0.3 is 20.2 Å². The number of piperazine rings is 1. The second-order valence-corrected chi connectivity index (χ2v) is 5.29. The Morgan fingerprint density at radius 3 is 2.50 bits per heavy atom. The number of halogens is 3. The van der Waals surface area contributed by atoms with Gasteiger partial charge in [0.1, 0.15) is 12.3 Å². The van der Waals surface area contributed by atoms with Crippen LogP contribution in [0.4, 0.5) is 18.9 Å². The highest BCUT2D eigenvalue weighted by Gasteiger charge is 2.29. The molecule has 2 rings (SSSR count). The molecule has 1 aliphatic rings. The van der Waals surface area contributed by atoms with Gasteiger partial charge in [-0.1, -0.05) is 12.1 Å². The van der Waals surface area contributed by atoms with Crippen molar-refractivity contribution in [3.63, 3.8) is 0 Å². The van der Waals surface area contributed by atoms with Crippen molar-refractivity contribution in [3.8, 4) is 5.75 Å². The summed E-state index contributed by atoms with van der Waals surface area (Å²) < 4.78 is 36.1. The van der Waals surface area contributed by atoms with Crippen molar-refractivity contribution >= 4 is 11.6 Å². The summed E-state index contributed by atoms with van der Waals surface area (Å²) in [4.78, 5) is 14.4. The summed E-state index contributed by atoms with van der Waals surface area (Å²) in [5, 5.41) is 11.7. The molecule has 122 valence electrons. The predicted molar refractivity (Wildman–Crippen MR) is 74.9 cm³/mol. The van der Waals surface area contributed by atoms with Crippen LogP contribution in [0.3, 0.4) is 0 Å². The number of nitrogens with one attached hydrogen (secondary N) is 2. The Labute approximate surface area is 126 Å². The molecule has 0 spiro atoms. The number of phenols is 1. The Bertz CT molecular complexity index is 514. The van der Waals surface area contributed by atoms with Crippen molar-refractivity contribution < 1.29 is 28.0 Å². The lowest BCUT2D eigenvalue weighted by Crippen LogP contribution is -3.16. The molecule has 8 heteroatoms. The minimum atomic E-state index is -4.38. The lowest BCUT2D eigenvalue weighted by atomic mass is 10.2. The van der Waals surface area contributed by atoms with Crippen LogP contribution in [0.5, 0.6) is 5.75 Å². The van der Waals surface area contributed by atoms with E-state index in [9.17, 15) is 23.1 Å². The molecule has 1 aromatic carbocycles. The Morgan fingerprint density at radius 1 is 1.27 bits per heavy atom. The SMILES string of the molecule is O=C(C[NH+]1CCN(c2ccccc2O)CC1)NCC(F)(F)F. The van der Waals surface area contributed by atoms with Crippen molar-refractivity contribution in [1.82, 2.24) is 5.32 Å². The van der Waals surface area contributed by atoms with Crippen LogP contribution in [0.2, 0.25) is 0 Å². The molecule has 0 unspecified atom stereocenters. The molecule has 0 radical (unpaired) electrons. The highest BCUT2D eigenvalue weighted by molar-refractivity contribution is 5.76. The number of hydrogen-bond donors (Lipinski definition) is 3. The first-order chi connectivity index (χ1) is 10.3. The van der Waals surface area contributed by atoms with Gasteiger partial charge >= 0.3 is 6.18 Å². The van der Waals surface area contributed by atoms with E-state index in [4.69, 9.17) is 0 Å². The van der Waals surface area contributed by atoms with Crippen molar-refractivity contribution in [2.45, 2.75) is 6.18 Å². The molecule has 1 saturated heterocycles. The van der Waals surface area contributed by atoms with Gasteiger partial charge in [-0.15, -0.1) is 0 Å². The molecule has 0 aliphatic carbocycles. The third-order valence-corrected chi connectivity index (χ3v) is 3.59. The highest BCUT2D eigenvalue weighted by Crippen LogP contribution is 2.25. The fourth-order valence-electron chi connectivity index (χ4n) is 2.46. The summed E-state index contributed by atoms with van der Waals surface area (Å²) in [6, 6.07) is 7.00. The average Bonchev–Trinajstić information content (AvgIpc) is 2.46. The zero-order chi connectivity index (χ0) is 16.2. The number of hydrogen-bond acceptors (Lipinski definition) is 3. The molecule has 22 heavy (non-hydrogen) atoms. The van der Waals surface area contributed by atoms with Gasteiger partial charge in [0.05, 0.1) is 31.9 Å². The second kappa shape index (κ2) is 6.87. The van der Waals surface area contributed by atoms with Crippen LogP contribution in [-0.2, 0) is 4.79 Å². The van der Waals surface area contributed by atoms with Crippen LogP contribution < -0.4 is 15.1 Å². The minimum Gasteiger partial charge on any atom is -0.506 e. The first-order valence-electron chi connectivity index (χ1n) is 7.05. The Hall–Kier alpha value is -1.96. The van der Waals surface area contributed by atoms with Gasteiger partial charge in [0, 0.05) is 0 Å². The van der Waals surface area contributed by atoms with E-state index in [1.807, 2.05) is 22.3 Å². The Kier molecular flexibility index (Phi) is 5.12. The van der Waals surface area contributed by atoms with Crippen LogP contribution in [-0.4, -0.2) is 56.5 Å². The molecule has 5 nitrogen and oxygen atoms in total. The van der Waals surface area contributed by atoms with Gasteiger partial charge in [0.2, 0.25) is 0 Å². The van der Waals surface area contributed by atoms with Gasteiger partial charge in [-0.25, -0.2) is 0 Å². The number of alkyl halides is 3. The third kappa shape index (κ3) is 4.80. The molecule has 0 aromatic heterocycles. The number of aromatic hydroxyl groups is 1. The average molecular weight is 318 g/mol. The number of amides is 1. The summed E-state index contributed by atoms with van der Waals surface area (Å²) in [7, 11) is 0. The molecule has 0 atom stereocenters. The van der Waals surface area contributed by atoms with Crippen molar-refractivity contribution in [3.05, 3.63) is 24.3 Å². The number of phenolic OH excluding ortho intramolecular Hbond substituents is 1. The van der Waals surface area contributed by atoms with Gasteiger partial charge in [-0.3, -0.25) is 4.79 Å². The number of carbonyl (C=O) groups is 1. The van der Waals surface area contributed by atoms with E-state index in [2.05, 4.69) is 0 Å². The summed E-state index contributed by atoms with van der Waals surface area (Å²) in [5.41, 5.74) is 0.739. The van der Waals surface area contributed by atoms with Crippen LogP contribution in [0.1, 0.15) is 0 Å². The number of anilines is 1. The molecular formula is C14H19F3N3O2+. The lowest BCUT2D eigenvalue weighted by molar-refractivity contribution is -0.892. The van der Waals surface area contributed by atoms with Crippen LogP contribution >= 0.6 is 0 Å². The number of nitrogens with zero attached hydrogens (tertiary/aromatic N) is 1. The fraction of sp³-hybridized carbons (Fsp3) is 0.500. The summed E-state index contributed by atoms with van der Waals surface area (Å²) in [6.07, 6.45) is -4.38. The van der Waals surface area contributed by atoms with Crippen molar-refractivity contribution in [2.75, 3.05) is 44.2 Å². The highest BCUT2D eigenvalue weighted by atomic mass is 19.4. The van der Waals surface area contributed by atoms with E-state index in [1.165, 1.54) is 0 Å². The smallest absolute Gasteiger partial charge is 0.405 e. The zero-order valence-corrected chi connectivity index (χ0v) is 12.0. The number of carbonyl (C=O) groups excluding carboxylic acids is 1. The van der Waals surface area contributed by atoms with Gasteiger partial charge in [-0.05, 0) is 12.1 Å². The van der Waals surface area contributed by atoms with E-state index < -0.39 is 18.6 Å². The van der Waals surface area contributed by atoms with E-state index >= 15 is 0 Å². The zero-order valence-electron chi connectivity index (χ0n) is 12.0. The maximum Gasteiger partial charge on any atom is 0.405 e. The third-order valence-electron chi connectivity index (χ3n) is 3.59. The number of para-hydroxylation sites is 2. The second-order valence-electron chi connectivity index (χ2n) is 5.29. The summed E-state index contributed by atoms with van der Waals surface area (Å²) >= 11 is 0. The molecule has 1 fully saturated rings. The van der Waals surface area contributed by atoms with Gasteiger partial charge in [0.25, 0.3) is 5.91 Å². The summed E-state index contributed by atoms with van der Waals surface area (Å²) in [5.74, 6) is -0.391. The van der Waals surface area contributed by atoms with Crippen LogP contribution in [0.15, 0.2) is 24.3 Å². The molecule has 0 saturated carbocycles. The first kappa shape index (κ1) is 16.4. The maximum atomic E-state index is 12.0. The molecular weight excluding hydrogens is 299 g/mol. The minimum absolute atomic E-state index is 0.0324. The van der Waals surface area contributed by atoms with Crippen LogP contribution in [0, 0.1) is 0 Å². The van der Waals surface area contributed by atoms with Gasteiger partial charge in [0.15, 0.2) is 6.54 Å². The maximum absolute atomic E-state index is 12.0. The molecule has 0 bridgehead atoms. The Morgan fingerprint density at radius 2 is 1.91 bits per heavy atom. The Balaban J connectivity index is 1.78. The first-order valence-corrected chi connectivity index (χ1v) is 7.05. The van der Waals surface area contributed by atoms with E-state index in [0.29, 0.717) is 26.2 Å². The normalized spacial score (nSPS) is 16.6. The van der Waals surface area contributed by atoms with E-state index in [0.717, 1.165) is 10.6 Å².